The van der Waals surface area contributed by atoms with Gasteiger partial charge in [-0.15, -0.1) is 0 Å². The highest BCUT2D eigenvalue weighted by Gasteiger charge is 2.20. The number of carbonyl (C=O) groups is 1. The van der Waals surface area contributed by atoms with Crippen molar-refractivity contribution in [3.05, 3.63) is 65.6 Å². The monoisotopic (exact) mass is 570 g/mol. The highest BCUT2D eigenvalue weighted by molar-refractivity contribution is 6.05. The van der Waals surface area contributed by atoms with Crippen LogP contribution in [0.5, 0.6) is 17.2 Å². The van der Waals surface area contributed by atoms with Gasteiger partial charge in [-0.1, -0.05) is 64.5 Å². The quantitative estimate of drug-likeness (QED) is 0.120. The summed E-state index contributed by atoms with van der Waals surface area (Å²) in [6.45, 7) is 8.62. The van der Waals surface area contributed by atoms with Crippen molar-refractivity contribution in [3.63, 3.8) is 0 Å². The zero-order chi connectivity index (χ0) is 29.5. The predicted molar refractivity (Wildman–Crippen MR) is 160 cm³/mol. The number of hydrogen-bond donors (Lipinski definition) is 2. The van der Waals surface area contributed by atoms with Gasteiger partial charge in [0.25, 0.3) is 0 Å². The maximum atomic E-state index is 13.2. The number of aliphatic hydroxyl groups is 1. The third kappa shape index (κ3) is 11.0. The Morgan fingerprint density at radius 3 is 2.00 bits per heavy atom. The fraction of sp³-hybridized carbons (Fsp3) is 0.545. The molecule has 41 heavy (non-hydrogen) atoms. The van der Waals surface area contributed by atoms with E-state index in [1.54, 1.807) is 36.5 Å². The summed E-state index contributed by atoms with van der Waals surface area (Å²) in [7, 11) is 0. The number of ether oxygens (including phenoxy) is 2. The van der Waals surface area contributed by atoms with Gasteiger partial charge in [0.2, 0.25) is 5.75 Å². The molecule has 0 saturated carbocycles. The van der Waals surface area contributed by atoms with Crippen LogP contribution in [0.25, 0.3) is 0 Å². The van der Waals surface area contributed by atoms with Gasteiger partial charge in [-0.2, -0.15) is 0 Å². The summed E-state index contributed by atoms with van der Waals surface area (Å²) in [5.74, 6) is -0.0166. The number of ketones is 1. The largest absolute Gasteiger partial charge is 0.502 e. The van der Waals surface area contributed by atoms with E-state index in [1.165, 1.54) is 12.1 Å². The molecular weight excluding hydrogens is 523 g/mol. The molecule has 0 bridgehead atoms. The van der Waals surface area contributed by atoms with Crippen molar-refractivity contribution in [1.29, 1.82) is 0 Å². The smallest absolute Gasteiger partial charge is 0.200 e. The third-order valence-electron chi connectivity index (χ3n) is 7.36. The second kappa shape index (κ2) is 17.7. The molecule has 1 heterocycles. The van der Waals surface area contributed by atoms with Crippen LogP contribution in [0.1, 0.15) is 87.2 Å². The van der Waals surface area contributed by atoms with Crippen LogP contribution in [0, 0.1) is 5.82 Å². The Labute approximate surface area is 244 Å². The minimum atomic E-state index is -0.681. The molecule has 226 valence electrons. The van der Waals surface area contributed by atoms with E-state index >= 15 is 0 Å². The Bertz CT molecular complexity index is 1050. The van der Waals surface area contributed by atoms with Gasteiger partial charge < -0.3 is 24.6 Å². The van der Waals surface area contributed by atoms with Crippen LogP contribution < -0.4 is 9.47 Å². The molecule has 0 spiro atoms. The van der Waals surface area contributed by atoms with E-state index < -0.39 is 6.10 Å². The van der Waals surface area contributed by atoms with E-state index in [-0.39, 0.29) is 28.8 Å². The molecule has 0 amide bonds. The van der Waals surface area contributed by atoms with Gasteiger partial charge in [-0.25, -0.2) is 4.39 Å². The van der Waals surface area contributed by atoms with E-state index in [0.717, 1.165) is 64.5 Å². The number of aromatic hydroxyl groups is 1. The molecule has 2 N–H and O–H groups in total. The highest BCUT2D eigenvalue weighted by Crippen LogP contribution is 2.38. The van der Waals surface area contributed by atoms with Gasteiger partial charge in [-0.05, 0) is 42.7 Å². The van der Waals surface area contributed by atoms with Crippen LogP contribution in [0.3, 0.4) is 0 Å². The number of hydrogen-bond acceptors (Lipinski definition) is 7. The lowest BCUT2D eigenvalue weighted by Crippen LogP contribution is -2.45. The first-order chi connectivity index (χ1) is 19.9. The number of phenols is 1. The molecule has 1 aliphatic rings. The Kier molecular flexibility index (Phi) is 14.0. The zero-order valence-electron chi connectivity index (χ0n) is 24.7. The summed E-state index contributed by atoms with van der Waals surface area (Å²) in [5.41, 5.74) is 1.11. The van der Waals surface area contributed by atoms with Crippen molar-refractivity contribution in [3.8, 4) is 17.2 Å². The van der Waals surface area contributed by atoms with Crippen molar-refractivity contribution in [2.45, 2.75) is 71.3 Å². The molecule has 1 fully saturated rings. The van der Waals surface area contributed by atoms with Crippen LogP contribution in [0.4, 0.5) is 4.39 Å². The fourth-order valence-corrected chi connectivity index (χ4v) is 4.77. The molecule has 1 aliphatic heterocycles. The molecule has 1 atom stereocenters. The van der Waals surface area contributed by atoms with Gasteiger partial charge in [0.05, 0.1) is 19.3 Å². The number of benzene rings is 2. The van der Waals surface area contributed by atoms with Gasteiger partial charge in [0, 0.05) is 50.6 Å². The number of allylic oxidation sites excluding steroid dienone is 1. The van der Waals surface area contributed by atoms with E-state index in [0.29, 0.717) is 44.0 Å². The summed E-state index contributed by atoms with van der Waals surface area (Å²) < 4.78 is 24.9. The minimum Gasteiger partial charge on any atom is -0.502 e. The average molecular weight is 571 g/mol. The standard InChI is InChI=1S/C33H47FN2O5/c1-3-5-7-9-21-40-31-23-27(24-32(33(31)39)41-22-10-8-6-4-2)29(37)15-16-35-17-19-36(20-18-35)25-30(38)26-11-13-28(34)14-12-26/h11-16,23-24,30,38-39H,3-10,17-22,25H2,1-2H3. The summed E-state index contributed by atoms with van der Waals surface area (Å²) in [4.78, 5) is 17.4. The number of rotatable bonds is 18. The molecule has 0 aromatic heterocycles. The van der Waals surface area contributed by atoms with E-state index in [1.807, 2.05) is 0 Å². The second-order valence-electron chi connectivity index (χ2n) is 10.7. The Hall–Kier alpha value is -3.10. The third-order valence-corrected chi connectivity index (χ3v) is 7.36. The Morgan fingerprint density at radius 1 is 0.902 bits per heavy atom. The van der Waals surface area contributed by atoms with Crippen molar-refractivity contribution in [2.75, 3.05) is 45.9 Å². The van der Waals surface area contributed by atoms with Crippen LogP contribution in [0.2, 0.25) is 0 Å². The molecule has 1 unspecified atom stereocenters. The van der Waals surface area contributed by atoms with Crippen molar-refractivity contribution >= 4 is 5.78 Å². The first kappa shape index (κ1) is 32.4. The lowest BCUT2D eigenvalue weighted by molar-refractivity contribution is 0.0852. The van der Waals surface area contributed by atoms with E-state index in [4.69, 9.17) is 9.47 Å². The Morgan fingerprint density at radius 2 is 1.46 bits per heavy atom. The van der Waals surface area contributed by atoms with E-state index in [9.17, 15) is 19.4 Å². The fourth-order valence-electron chi connectivity index (χ4n) is 4.77. The van der Waals surface area contributed by atoms with Crippen LogP contribution in [-0.4, -0.2) is 71.7 Å². The first-order valence-corrected chi connectivity index (χ1v) is 15.2. The Balaban J connectivity index is 1.57. The molecule has 3 rings (SSSR count). The summed E-state index contributed by atoms with van der Waals surface area (Å²) >= 11 is 0. The molecular formula is C33H47FN2O5. The van der Waals surface area contributed by atoms with Crippen molar-refractivity contribution < 1.29 is 28.9 Å². The number of β-amino-alcohol motifs (C(OH)–C–C–N with tert-alkyl or cyclic N) is 1. The van der Waals surface area contributed by atoms with Crippen molar-refractivity contribution in [2.24, 2.45) is 0 Å². The zero-order valence-corrected chi connectivity index (χ0v) is 24.7. The minimum absolute atomic E-state index is 0.0598. The molecule has 7 nitrogen and oxygen atoms in total. The molecule has 0 radical (unpaired) electrons. The maximum absolute atomic E-state index is 13.2. The number of unbranched alkanes of at least 4 members (excludes halogenated alkanes) is 6. The first-order valence-electron chi connectivity index (χ1n) is 15.2. The predicted octanol–water partition coefficient (Wildman–Crippen LogP) is 6.50. The highest BCUT2D eigenvalue weighted by atomic mass is 19.1. The number of aliphatic hydroxyl groups excluding tert-OH is 1. The lowest BCUT2D eigenvalue weighted by atomic mass is 10.1. The van der Waals surface area contributed by atoms with Crippen LogP contribution in [0.15, 0.2) is 48.7 Å². The summed E-state index contributed by atoms with van der Waals surface area (Å²) in [5, 5.41) is 21.3. The molecule has 8 heteroatoms. The number of phenolic OH excluding ortho intramolecular Hbond substituents is 1. The number of halogens is 1. The molecule has 2 aromatic carbocycles. The number of piperazine rings is 1. The molecule has 1 saturated heterocycles. The summed E-state index contributed by atoms with van der Waals surface area (Å²) in [6, 6.07) is 9.14. The topological polar surface area (TPSA) is 82.5 Å². The SMILES string of the molecule is CCCCCCOc1cc(C(=O)C=CN2CCN(CC(O)c3ccc(F)cc3)CC2)cc(OCCCCCC)c1O. The average Bonchev–Trinajstić information content (AvgIpc) is 2.98. The number of carbonyl (C=O) groups excluding carboxylic acids is 1. The van der Waals surface area contributed by atoms with E-state index in [2.05, 4.69) is 23.6 Å². The van der Waals surface area contributed by atoms with Gasteiger partial charge in [0.15, 0.2) is 17.3 Å². The summed E-state index contributed by atoms with van der Waals surface area (Å²) in [6.07, 6.45) is 11.1. The second-order valence-corrected chi connectivity index (χ2v) is 10.7. The molecule has 0 aliphatic carbocycles. The number of nitrogens with zero attached hydrogens (tertiary/aromatic N) is 2. The van der Waals surface area contributed by atoms with Gasteiger partial charge >= 0.3 is 0 Å². The maximum Gasteiger partial charge on any atom is 0.200 e. The van der Waals surface area contributed by atoms with Crippen LogP contribution in [-0.2, 0) is 0 Å². The van der Waals surface area contributed by atoms with Gasteiger partial charge in [0.1, 0.15) is 5.82 Å². The van der Waals surface area contributed by atoms with Crippen LogP contribution >= 0.6 is 0 Å². The normalized spacial score (nSPS) is 14.9. The molecule has 2 aromatic rings. The van der Waals surface area contributed by atoms with Gasteiger partial charge in [-0.3, -0.25) is 9.69 Å². The van der Waals surface area contributed by atoms with Crippen molar-refractivity contribution in [1.82, 2.24) is 9.80 Å². The lowest BCUT2D eigenvalue weighted by Gasteiger charge is -2.35.